The van der Waals surface area contributed by atoms with E-state index in [1.54, 1.807) is 18.2 Å². The summed E-state index contributed by atoms with van der Waals surface area (Å²) < 4.78 is 16.2. The first kappa shape index (κ1) is 18.9. The predicted molar refractivity (Wildman–Crippen MR) is 109 cm³/mol. The quantitative estimate of drug-likeness (QED) is 0.381. The van der Waals surface area contributed by atoms with E-state index in [1.165, 1.54) is 23.4 Å². The third-order valence-electron chi connectivity index (χ3n) is 4.84. The van der Waals surface area contributed by atoms with Crippen LogP contribution in [0, 0.1) is 5.82 Å². The van der Waals surface area contributed by atoms with Crippen molar-refractivity contribution in [3.05, 3.63) is 65.5 Å². The standard InChI is InChI=1S/C22H22FN3OS/c1-2-5-15-8-10-16(11-9-15)20(27)14-28-22-25-24-21(26(22)17-12-13-17)18-6-3-4-7-19(18)23/h3-4,6-11,17H,2,5,12-14H2,1H3. The molecule has 0 radical (unpaired) electrons. The van der Waals surface area contributed by atoms with Crippen LogP contribution in [0.25, 0.3) is 11.4 Å². The molecule has 4 rings (SSSR count). The molecule has 0 unspecified atom stereocenters. The van der Waals surface area contributed by atoms with Crippen molar-refractivity contribution in [1.29, 1.82) is 0 Å². The molecule has 1 aromatic heterocycles. The van der Waals surface area contributed by atoms with Crippen LogP contribution in [0.3, 0.4) is 0 Å². The highest BCUT2D eigenvalue weighted by molar-refractivity contribution is 7.99. The van der Waals surface area contributed by atoms with Crippen molar-refractivity contribution in [3.63, 3.8) is 0 Å². The molecular weight excluding hydrogens is 373 g/mol. The normalized spacial score (nSPS) is 13.6. The number of hydrogen-bond donors (Lipinski definition) is 0. The van der Waals surface area contributed by atoms with Crippen LogP contribution >= 0.6 is 11.8 Å². The van der Waals surface area contributed by atoms with Crippen molar-refractivity contribution in [3.8, 4) is 11.4 Å². The Kier molecular flexibility index (Phi) is 5.57. The number of nitrogens with zero attached hydrogens (tertiary/aromatic N) is 3. The minimum Gasteiger partial charge on any atom is -0.299 e. The van der Waals surface area contributed by atoms with E-state index in [0.29, 0.717) is 22.1 Å². The Bertz CT molecular complexity index is 980. The molecule has 1 aliphatic rings. The highest BCUT2D eigenvalue weighted by Gasteiger charge is 2.31. The Hall–Kier alpha value is -2.47. The fourth-order valence-electron chi connectivity index (χ4n) is 3.22. The lowest BCUT2D eigenvalue weighted by atomic mass is 10.1. The van der Waals surface area contributed by atoms with Gasteiger partial charge in [-0.1, -0.05) is 61.5 Å². The van der Waals surface area contributed by atoms with Crippen molar-refractivity contribution in [2.75, 3.05) is 5.75 Å². The summed E-state index contributed by atoms with van der Waals surface area (Å²) in [6.45, 7) is 2.14. The summed E-state index contributed by atoms with van der Waals surface area (Å²) in [6.07, 6.45) is 4.16. The van der Waals surface area contributed by atoms with E-state index in [9.17, 15) is 9.18 Å². The van der Waals surface area contributed by atoms with E-state index in [1.807, 2.05) is 28.8 Å². The van der Waals surface area contributed by atoms with Crippen LogP contribution in [-0.2, 0) is 6.42 Å². The van der Waals surface area contributed by atoms with Gasteiger partial charge in [0.2, 0.25) is 0 Å². The minimum atomic E-state index is -0.309. The van der Waals surface area contributed by atoms with Gasteiger partial charge >= 0.3 is 0 Å². The third-order valence-corrected chi connectivity index (χ3v) is 5.78. The lowest BCUT2D eigenvalue weighted by Gasteiger charge is -2.09. The maximum absolute atomic E-state index is 14.2. The summed E-state index contributed by atoms with van der Waals surface area (Å²) in [7, 11) is 0. The monoisotopic (exact) mass is 395 g/mol. The van der Waals surface area contributed by atoms with Gasteiger partial charge in [-0.05, 0) is 37.0 Å². The zero-order chi connectivity index (χ0) is 19.5. The number of aryl methyl sites for hydroxylation is 1. The first-order valence-corrected chi connectivity index (χ1v) is 10.6. The van der Waals surface area contributed by atoms with E-state index in [2.05, 4.69) is 17.1 Å². The number of aromatic nitrogens is 3. The number of rotatable bonds is 8. The molecule has 0 spiro atoms. The maximum Gasteiger partial charge on any atom is 0.192 e. The van der Waals surface area contributed by atoms with E-state index in [4.69, 9.17) is 0 Å². The first-order valence-electron chi connectivity index (χ1n) is 9.62. The van der Waals surface area contributed by atoms with Crippen molar-refractivity contribution in [2.24, 2.45) is 0 Å². The number of carbonyl (C=O) groups is 1. The number of carbonyl (C=O) groups excluding carboxylic acids is 1. The Balaban J connectivity index is 1.51. The van der Waals surface area contributed by atoms with Gasteiger partial charge in [0.05, 0.1) is 11.3 Å². The second-order valence-corrected chi connectivity index (χ2v) is 7.99. The summed E-state index contributed by atoms with van der Waals surface area (Å²) in [5.74, 6) is 0.580. The molecule has 28 heavy (non-hydrogen) atoms. The zero-order valence-electron chi connectivity index (χ0n) is 15.8. The number of benzene rings is 2. The van der Waals surface area contributed by atoms with Crippen LogP contribution in [0.1, 0.15) is 48.1 Å². The number of Topliss-reactive ketones (excluding diaryl/α,β-unsaturated/α-hetero) is 1. The highest BCUT2D eigenvalue weighted by atomic mass is 32.2. The molecule has 3 aromatic rings. The Labute approximate surface area is 168 Å². The summed E-state index contributed by atoms with van der Waals surface area (Å²) in [5, 5.41) is 9.17. The molecule has 6 heteroatoms. The number of hydrogen-bond acceptors (Lipinski definition) is 4. The second-order valence-electron chi connectivity index (χ2n) is 7.05. The molecule has 1 fully saturated rings. The number of halogens is 1. The van der Waals surface area contributed by atoms with E-state index < -0.39 is 0 Å². The van der Waals surface area contributed by atoms with Crippen LogP contribution in [0.15, 0.2) is 53.7 Å². The predicted octanol–water partition coefficient (Wildman–Crippen LogP) is 5.35. The molecule has 2 aromatic carbocycles. The lowest BCUT2D eigenvalue weighted by Crippen LogP contribution is -2.05. The van der Waals surface area contributed by atoms with E-state index in [-0.39, 0.29) is 23.4 Å². The fourth-order valence-corrected chi connectivity index (χ4v) is 4.12. The Morgan fingerprint density at radius 1 is 1.14 bits per heavy atom. The first-order chi connectivity index (χ1) is 13.7. The Morgan fingerprint density at radius 2 is 1.89 bits per heavy atom. The van der Waals surface area contributed by atoms with Gasteiger partial charge in [-0.25, -0.2) is 4.39 Å². The maximum atomic E-state index is 14.2. The molecule has 0 amide bonds. The van der Waals surface area contributed by atoms with E-state index in [0.717, 1.165) is 25.7 Å². The van der Waals surface area contributed by atoms with Gasteiger partial charge in [0.1, 0.15) is 5.82 Å². The summed E-state index contributed by atoms with van der Waals surface area (Å²) in [4.78, 5) is 12.6. The van der Waals surface area contributed by atoms with Crippen LogP contribution in [0.4, 0.5) is 4.39 Å². The zero-order valence-corrected chi connectivity index (χ0v) is 16.6. The van der Waals surface area contributed by atoms with Crippen molar-refractivity contribution < 1.29 is 9.18 Å². The van der Waals surface area contributed by atoms with Gasteiger partial charge in [0.25, 0.3) is 0 Å². The largest absolute Gasteiger partial charge is 0.299 e. The van der Waals surface area contributed by atoms with Gasteiger partial charge in [0.15, 0.2) is 16.8 Å². The van der Waals surface area contributed by atoms with Crippen LogP contribution in [0.5, 0.6) is 0 Å². The van der Waals surface area contributed by atoms with Crippen molar-refractivity contribution >= 4 is 17.5 Å². The molecule has 1 heterocycles. The molecule has 0 N–H and O–H groups in total. The average molecular weight is 396 g/mol. The number of thioether (sulfide) groups is 1. The molecular formula is C22H22FN3OS. The SMILES string of the molecule is CCCc1ccc(C(=O)CSc2nnc(-c3ccccc3F)n2C2CC2)cc1. The van der Waals surface area contributed by atoms with Crippen molar-refractivity contribution in [2.45, 2.75) is 43.8 Å². The minimum absolute atomic E-state index is 0.0610. The molecule has 0 saturated heterocycles. The van der Waals surface area contributed by atoms with Gasteiger partial charge in [-0.15, -0.1) is 10.2 Å². The summed E-state index contributed by atoms with van der Waals surface area (Å²) >= 11 is 1.37. The smallest absolute Gasteiger partial charge is 0.192 e. The average Bonchev–Trinajstić information content (AvgIpc) is 3.47. The molecule has 4 nitrogen and oxygen atoms in total. The number of ketones is 1. The lowest BCUT2D eigenvalue weighted by molar-refractivity contribution is 0.102. The van der Waals surface area contributed by atoms with Gasteiger partial charge in [0, 0.05) is 11.6 Å². The van der Waals surface area contributed by atoms with Crippen LogP contribution in [0.2, 0.25) is 0 Å². The van der Waals surface area contributed by atoms with Gasteiger partial charge in [-0.2, -0.15) is 0 Å². The van der Waals surface area contributed by atoms with Gasteiger partial charge < -0.3 is 0 Å². The molecule has 0 atom stereocenters. The van der Waals surface area contributed by atoms with Crippen LogP contribution in [-0.4, -0.2) is 26.3 Å². The van der Waals surface area contributed by atoms with Crippen molar-refractivity contribution in [1.82, 2.24) is 14.8 Å². The summed E-state index contributed by atoms with van der Waals surface area (Å²) in [5.41, 5.74) is 2.40. The highest BCUT2D eigenvalue weighted by Crippen LogP contribution is 2.41. The molecule has 1 aliphatic carbocycles. The van der Waals surface area contributed by atoms with E-state index >= 15 is 0 Å². The van der Waals surface area contributed by atoms with Crippen LogP contribution < -0.4 is 0 Å². The topological polar surface area (TPSA) is 47.8 Å². The third kappa shape index (κ3) is 4.02. The molecule has 1 saturated carbocycles. The summed E-state index contributed by atoms with van der Waals surface area (Å²) in [6, 6.07) is 14.7. The Morgan fingerprint density at radius 3 is 2.57 bits per heavy atom. The molecule has 144 valence electrons. The molecule has 0 aliphatic heterocycles. The molecule has 0 bridgehead atoms. The second kappa shape index (κ2) is 8.27. The van der Waals surface area contributed by atoms with Gasteiger partial charge in [-0.3, -0.25) is 9.36 Å². The fraction of sp³-hybridized carbons (Fsp3) is 0.318.